The number of aliphatic hydroxyl groups is 1. The van der Waals surface area contributed by atoms with Crippen molar-refractivity contribution in [2.24, 2.45) is 0 Å². The number of halogens is 1. The van der Waals surface area contributed by atoms with E-state index in [9.17, 15) is 5.11 Å². The van der Waals surface area contributed by atoms with E-state index in [0.717, 1.165) is 11.3 Å². The lowest BCUT2D eigenvalue weighted by atomic mass is 9.93. The fraction of sp³-hybridized carbons (Fsp3) is 0.625. The smallest absolute Gasteiger partial charge is 0.0865 e. The van der Waals surface area contributed by atoms with Crippen LogP contribution >= 0.6 is 11.6 Å². The topological polar surface area (TPSA) is 44.7 Å². The van der Waals surface area contributed by atoms with Crippen LogP contribution in [0.1, 0.15) is 31.4 Å². The molecule has 0 aromatic heterocycles. The fourth-order valence-electron chi connectivity index (χ4n) is 2.70. The Morgan fingerprint density at radius 2 is 2.10 bits per heavy atom. The molecule has 1 aliphatic heterocycles. The lowest BCUT2D eigenvalue weighted by molar-refractivity contribution is -0.0572. The first-order valence-electron chi connectivity index (χ1n) is 7.43. The molecule has 0 aliphatic carbocycles. The van der Waals surface area contributed by atoms with Crippen molar-refractivity contribution in [3.05, 3.63) is 28.8 Å². The molecule has 1 aromatic carbocycles. The summed E-state index contributed by atoms with van der Waals surface area (Å²) in [5.41, 5.74) is 1.42. The van der Waals surface area contributed by atoms with E-state index in [1.54, 1.807) is 0 Å². The highest BCUT2D eigenvalue weighted by molar-refractivity contribution is 6.33. The second-order valence-corrected chi connectivity index (χ2v) is 6.32. The summed E-state index contributed by atoms with van der Waals surface area (Å²) in [4.78, 5) is 2.03. The number of hydrogen-bond donors (Lipinski definition) is 2. The molecule has 0 amide bonds. The third-order valence-electron chi connectivity index (χ3n) is 4.27. The maximum atomic E-state index is 10.6. The molecule has 1 atom stereocenters. The Balaban J connectivity index is 2.10. The molecule has 2 rings (SSSR count). The van der Waals surface area contributed by atoms with Crippen LogP contribution in [-0.2, 0) is 4.74 Å². The van der Waals surface area contributed by atoms with E-state index in [2.05, 4.69) is 18.3 Å². The third kappa shape index (κ3) is 4.10. The molecular weight excluding hydrogens is 288 g/mol. The third-order valence-corrected chi connectivity index (χ3v) is 4.57. The molecule has 0 radical (unpaired) electrons. The van der Waals surface area contributed by atoms with Crippen LogP contribution in [0, 0.1) is 0 Å². The maximum absolute atomic E-state index is 10.6. The van der Waals surface area contributed by atoms with Gasteiger partial charge in [0.15, 0.2) is 0 Å². The van der Waals surface area contributed by atoms with E-state index in [1.807, 2.05) is 31.1 Å². The van der Waals surface area contributed by atoms with Crippen LogP contribution in [-0.4, -0.2) is 44.6 Å². The Morgan fingerprint density at radius 1 is 1.43 bits per heavy atom. The van der Waals surface area contributed by atoms with Crippen molar-refractivity contribution >= 4 is 17.3 Å². The van der Waals surface area contributed by atoms with Crippen LogP contribution in [0.4, 0.5) is 5.69 Å². The highest BCUT2D eigenvalue weighted by Gasteiger charge is 2.31. The second kappa shape index (κ2) is 6.97. The Hall–Kier alpha value is -0.810. The molecule has 0 saturated carbocycles. The van der Waals surface area contributed by atoms with Gasteiger partial charge in [0, 0.05) is 45.7 Å². The summed E-state index contributed by atoms with van der Waals surface area (Å²) >= 11 is 6.41. The number of ether oxygens (including phenoxy) is 1. The Morgan fingerprint density at radius 3 is 2.67 bits per heavy atom. The molecule has 0 spiro atoms. The molecule has 5 heteroatoms. The first-order valence-corrected chi connectivity index (χ1v) is 7.81. The predicted molar refractivity (Wildman–Crippen MR) is 87.2 cm³/mol. The Bertz CT molecular complexity index is 475. The highest BCUT2D eigenvalue weighted by atomic mass is 35.5. The predicted octanol–water partition coefficient (Wildman–Crippen LogP) is 2.60. The van der Waals surface area contributed by atoms with Crippen molar-refractivity contribution in [2.75, 3.05) is 38.8 Å². The maximum Gasteiger partial charge on any atom is 0.0865 e. The van der Waals surface area contributed by atoms with Crippen LogP contribution in [0.2, 0.25) is 5.02 Å². The number of benzene rings is 1. The van der Waals surface area contributed by atoms with Crippen molar-refractivity contribution in [3.8, 4) is 0 Å². The fourth-order valence-corrected chi connectivity index (χ4v) is 3.04. The molecule has 1 fully saturated rings. The minimum absolute atomic E-state index is 0.265. The monoisotopic (exact) mass is 312 g/mol. The number of nitrogens with zero attached hydrogens (tertiary/aromatic N) is 1. The van der Waals surface area contributed by atoms with Gasteiger partial charge in [-0.15, -0.1) is 0 Å². The van der Waals surface area contributed by atoms with Gasteiger partial charge in [0.25, 0.3) is 0 Å². The molecule has 0 bridgehead atoms. The van der Waals surface area contributed by atoms with Crippen LogP contribution in [0.25, 0.3) is 0 Å². The van der Waals surface area contributed by atoms with Crippen LogP contribution < -0.4 is 10.2 Å². The Kier molecular flexibility index (Phi) is 5.49. The molecule has 1 aliphatic rings. The average Bonchev–Trinajstić information content (AvgIpc) is 2.46. The number of nitrogens with one attached hydrogen (secondary N) is 1. The summed E-state index contributed by atoms with van der Waals surface area (Å²) < 4.78 is 5.32. The highest BCUT2D eigenvalue weighted by Crippen LogP contribution is 2.31. The van der Waals surface area contributed by atoms with Gasteiger partial charge in [0.05, 0.1) is 16.3 Å². The SMILES string of the molecule is CNC(C)c1ccc(N(C)CC2(O)CCOCC2)c(Cl)c1. The minimum Gasteiger partial charge on any atom is -0.388 e. The van der Waals surface area contributed by atoms with Gasteiger partial charge in [0.1, 0.15) is 0 Å². The summed E-state index contributed by atoms with van der Waals surface area (Å²) in [6.07, 6.45) is 1.34. The summed E-state index contributed by atoms with van der Waals surface area (Å²) in [7, 11) is 3.90. The number of anilines is 1. The molecule has 1 heterocycles. The van der Waals surface area contributed by atoms with E-state index < -0.39 is 5.60 Å². The van der Waals surface area contributed by atoms with Gasteiger partial charge in [-0.3, -0.25) is 0 Å². The van der Waals surface area contributed by atoms with E-state index in [-0.39, 0.29) is 6.04 Å². The van der Waals surface area contributed by atoms with Crippen molar-refractivity contribution in [1.29, 1.82) is 0 Å². The quantitative estimate of drug-likeness (QED) is 0.877. The molecule has 2 N–H and O–H groups in total. The van der Waals surface area contributed by atoms with E-state index in [1.165, 1.54) is 0 Å². The first-order chi connectivity index (χ1) is 9.95. The van der Waals surface area contributed by atoms with Gasteiger partial charge >= 0.3 is 0 Å². The van der Waals surface area contributed by atoms with Crippen LogP contribution in [0.3, 0.4) is 0 Å². The largest absolute Gasteiger partial charge is 0.388 e. The van der Waals surface area contributed by atoms with Gasteiger partial charge in [-0.05, 0) is 31.7 Å². The van der Waals surface area contributed by atoms with Gasteiger partial charge in [-0.2, -0.15) is 0 Å². The summed E-state index contributed by atoms with van der Waals surface area (Å²) in [5, 5.41) is 14.5. The lowest BCUT2D eigenvalue weighted by Gasteiger charge is -2.36. The lowest BCUT2D eigenvalue weighted by Crippen LogP contribution is -2.45. The average molecular weight is 313 g/mol. The number of rotatable bonds is 5. The molecule has 21 heavy (non-hydrogen) atoms. The van der Waals surface area contributed by atoms with Gasteiger partial charge in [0.2, 0.25) is 0 Å². The summed E-state index contributed by atoms with van der Waals surface area (Å²) in [5.74, 6) is 0. The molecular formula is C16H25ClN2O2. The van der Waals surface area contributed by atoms with Gasteiger partial charge in [-0.1, -0.05) is 17.7 Å². The second-order valence-electron chi connectivity index (χ2n) is 5.91. The molecule has 1 aromatic rings. The molecule has 1 unspecified atom stereocenters. The van der Waals surface area contributed by atoms with Crippen molar-refractivity contribution in [2.45, 2.75) is 31.4 Å². The number of hydrogen-bond acceptors (Lipinski definition) is 4. The van der Waals surface area contributed by atoms with E-state index in [4.69, 9.17) is 16.3 Å². The number of likely N-dealkylation sites (N-methyl/N-ethyl adjacent to an activating group) is 1. The van der Waals surface area contributed by atoms with Crippen LogP contribution in [0.5, 0.6) is 0 Å². The standard InChI is InChI=1S/C16H25ClN2O2/c1-12(18-2)13-4-5-15(14(17)10-13)19(3)11-16(20)6-8-21-9-7-16/h4-5,10,12,18,20H,6-9,11H2,1-3H3. The molecule has 1 saturated heterocycles. The first kappa shape index (κ1) is 16.6. The minimum atomic E-state index is -0.687. The van der Waals surface area contributed by atoms with Crippen molar-refractivity contribution in [1.82, 2.24) is 5.32 Å². The zero-order chi connectivity index (χ0) is 15.5. The van der Waals surface area contributed by atoms with Gasteiger partial charge < -0.3 is 20.1 Å². The van der Waals surface area contributed by atoms with E-state index in [0.29, 0.717) is 37.6 Å². The van der Waals surface area contributed by atoms with Crippen molar-refractivity contribution in [3.63, 3.8) is 0 Å². The van der Waals surface area contributed by atoms with Crippen LogP contribution in [0.15, 0.2) is 18.2 Å². The normalized spacial score (nSPS) is 19.3. The zero-order valence-electron chi connectivity index (χ0n) is 13.0. The summed E-state index contributed by atoms with van der Waals surface area (Å²) in [6, 6.07) is 6.35. The summed E-state index contributed by atoms with van der Waals surface area (Å²) in [6.45, 7) is 3.91. The Labute approximate surface area is 132 Å². The van der Waals surface area contributed by atoms with Gasteiger partial charge in [-0.25, -0.2) is 0 Å². The molecule has 4 nitrogen and oxygen atoms in total. The van der Waals surface area contributed by atoms with E-state index >= 15 is 0 Å². The zero-order valence-corrected chi connectivity index (χ0v) is 13.8. The molecule has 118 valence electrons. The van der Waals surface area contributed by atoms with Crippen molar-refractivity contribution < 1.29 is 9.84 Å².